The first-order chi connectivity index (χ1) is 14.1. The highest BCUT2D eigenvalue weighted by molar-refractivity contribution is 5.87. The fourth-order valence-electron chi connectivity index (χ4n) is 3.19. The molecule has 3 aromatic heterocycles. The summed E-state index contributed by atoms with van der Waals surface area (Å²) in [5.74, 6) is 0.811. The SMILES string of the molecule is CN(C)CCCOc1ccc2cc(-c3cc(-c4ccncc4)n[nH]c3=O)[nH]c2c1. The molecule has 0 aliphatic carbocycles. The summed E-state index contributed by atoms with van der Waals surface area (Å²) in [5, 5.41) is 7.76. The molecule has 148 valence electrons. The molecule has 7 nitrogen and oxygen atoms in total. The zero-order chi connectivity index (χ0) is 20.2. The Balaban J connectivity index is 1.60. The van der Waals surface area contributed by atoms with Crippen LogP contribution in [0.5, 0.6) is 5.75 Å². The Morgan fingerprint density at radius 3 is 2.69 bits per heavy atom. The number of hydrogen-bond donors (Lipinski definition) is 2. The Hall–Kier alpha value is -3.45. The van der Waals surface area contributed by atoms with Gasteiger partial charge in [-0.3, -0.25) is 9.78 Å². The molecule has 1 aromatic carbocycles. The van der Waals surface area contributed by atoms with Crippen molar-refractivity contribution in [2.75, 3.05) is 27.2 Å². The minimum absolute atomic E-state index is 0.241. The largest absolute Gasteiger partial charge is 0.493 e. The smallest absolute Gasteiger partial charge is 0.273 e. The van der Waals surface area contributed by atoms with Gasteiger partial charge < -0.3 is 14.6 Å². The molecule has 0 radical (unpaired) electrons. The lowest BCUT2D eigenvalue weighted by Crippen LogP contribution is -2.15. The molecule has 0 saturated carbocycles. The number of aromatic amines is 2. The van der Waals surface area contributed by atoms with Gasteiger partial charge in [-0.05, 0) is 56.9 Å². The van der Waals surface area contributed by atoms with Gasteiger partial charge in [0.05, 0.1) is 23.6 Å². The number of H-pyrrole nitrogens is 2. The summed E-state index contributed by atoms with van der Waals surface area (Å²) < 4.78 is 5.85. The van der Waals surface area contributed by atoms with Gasteiger partial charge in [0, 0.05) is 41.5 Å². The average Bonchev–Trinajstić information content (AvgIpc) is 3.15. The molecular weight excluding hydrogens is 366 g/mol. The fourth-order valence-corrected chi connectivity index (χ4v) is 3.19. The molecule has 0 amide bonds. The molecule has 4 rings (SSSR count). The van der Waals surface area contributed by atoms with Crippen LogP contribution in [0.25, 0.3) is 33.4 Å². The van der Waals surface area contributed by atoms with E-state index in [1.807, 2.05) is 50.5 Å². The van der Waals surface area contributed by atoms with Crippen molar-refractivity contribution in [3.8, 4) is 28.3 Å². The summed E-state index contributed by atoms with van der Waals surface area (Å²) in [7, 11) is 4.10. The van der Waals surface area contributed by atoms with Crippen molar-refractivity contribution in [3.63, 3.8) is 0 Å². The summed E-state index contributed by atoms with van der Waals surface area (Å²) in [6.07, 6.45) is 4.36. The van der Waals surface area contributed by atoms with Crippen LogP contribution >= 0.6 is 0 Å². The topological polar surface area (TPSA) is 86.9 Å². The number of nitrogens with one attached hydrogen (secondary N) is 2. The van der Waals surface area contributed by atoms with Gasteiger partial charge in [-0.1, -0.05) is 0 Å². The molecule has 0 aliphatic heterocycles. The third-order valence-electron chi connectivity index (χ3n) is 4.68. The number of pyridine rings is 1. The number of aromatic nitrogens is 4. The Morgan fingerprint density at radius 2 is 1.90 bits per heavy atom. The van der Waals surface area contributed by atoms with Crippen LogP contribution in [-0.4, -0.2) is 52.3 Å². The lowest BCUT2D eigenvalue weighted by molar-refractivity contribution is 0.282. The molecule has 0 spiro atoms. The summed E-state index contributed by atoms with van der Waals surface area (Å²) >= 11 is 0. The summed E-state index contributed by atoms with van der Waals surface area (Å²) in [5.41, 5.74) is 3.54. The molecule has 0 aliphatic rings. The van der Waals surface area contributed by atoms with Crippen molar-refractivity contribution in [1.82, 2.24) is 25.1 Å². The zero-order valence-electron chi connectivity index (χ0n) is 16.5. The lowest BCUT2D eigenvalue weighted by atomic mass is 10.1. The minimum atomic E-state index is -0.241. The zero-order valence-corrected chi connectivity index (χ0v) is 16.5. The van der Waals surface area contributed by atoms with Crippen molar-refractivity contribution in [2.45, 2.75) is 6.42 Å². The van der Waals surface area contributed by atoms with Crippen molar-refractivity contribution >= 4 is 10.9 Å². The van der Waals surface area contributed by atoms with Gasteiger partial charge in [-0.15, -0.1) is 0 Å². The normalized spacial score (nSPS) is 11.3. The maximum atomic E-state index is 12.4. The second kappa shape index (κ2) is 8.28. The van der Waals surface area contributed by atoms with Crippen LogP contribution < -0.4 is 10.3 Å². The van der Waals surface area contributed by atoms with Gasteiger partial charge >= 0.3 is 0 Å². The van der Waals surface area contributed by atoms with E-state index in [9.17, 15) is 4.79 Å². The molecule has 2 N–H and O–H groups in total. The Morgan fingerprint density at radius 1 is 1.07 bits per heavy atom. The van der Waals surface area contributed by atoms with Crippen LogP contribution in [0.3, 0.4) is 0 Å². The first-order valence-corrected chi connectivity index (χ1v) is 9.51. The van der Waals surface area contributed by atoms with Crippen LogP contribution in [0.2, 0.25) is 0 Å². The first-order valence-electron chi connectivity index (χ1n) is 9.51. The van der Waals surface area contributed by atoms with Crippen LogP contribution in [0.15, 0.2) is 59.7 Å². The quantitative estimate of drug-likeness (QED) is 0.474. The number of fused-ring (bicyclic) bond motifs is 1. The number of hydrogen-bond acceptors (Lipinski definition) is 5. The van der Waals surface area contributed by atoms with Crippen molar-refractivity contribution in [2.24, 2.45) is 0 Å². The minimum Gasteiger partial charge on any atom is -0.493 e. The van der Waals surface area contributed by atoms with Gasteiger partial charge in [-0.25, -0.2) is 5.10 Å². The van der Waals surface area contributed by atoms with E-state index < -0.39 is 0 Å². The monoisotopic (exact) mass is 389 g/mol. The van der Waals surface area contributed by atoms with Crippen molar-refractivity contribution < 1.29 is 4.74 Å². The molecule has 3 heterocycles. The molecular formula is C22H23N5O2. The van der Waals surface area contributed by atoms with E-state index in [1.54, 1.807) is 18.5 Å². The van der Waals surface area contributed by atoms with Crippen LogP contribution in [0.1, 0.15) is 6.42 Å². The number of nitrogens with zero attached hydrogens (tertiary/aromatic N) is 3. The summed E-state index contributed by atoms with van der Waals surface area (Å²) in [4.78, 5) is 21.9. The van der Waals surface area contributed by atoms with E-state index >= 15 is 0 Å². The molecule has 0 fully saturated rings. The third kappa shape index (κ3) is 4.35. The number of ether oxygens (including phenoxy) is 1. The maximum absolute atomic E-state index is 12.4. The molecule has 0 unspecified atom stereocenters. The van der Waals surface area contributed by atoms with Crippen LogP contribution in [-0.2, 0) is 0 Å². The van der Waals surface area contributed by atoms with E-state index in [1.165, 1.54) is 0 Å². The molecule has 0 bridgehead atoms. The second-order valence-electron chi connectivity index (χ2n) is 7.17. The Bertz CT molecular complexity index is 1160. The van der Waals surface area contributed by atoms with Crippen LogP contribution in [0.4, 0.5) is 0 Å². The fraction of sp³-hybridized carbons (Fsp3) is 0.227. The third-order valence-corrected chi connectivity index (χ3v) is 4.68. The summed E-state index contributed by atoms with van der Waals surface area (Å²) in [6.45, 7) is 1.65. The maximum Gasteiger partial charge on any atom is 0.273 e. The standard InChI is InChI=1S/C22H23N5O2/c1-27(2)10-3-11-29-17-5-4-16-12-21(24-19(16)13-17)18-14-20(25-26-22(18)28)15-6-8-23-9-7-15/h4-9,12-14,24H,3,10-11H2,1-2H3,(H,26,28). The molecule has 29 heavy (non-hydrogen) atoms. The highest BCUT2D eigenvalue weighted by Gasteiger charge is 2.11. The summed E-state index contributed by atoms with van der Waals surface area (Å²) in [6, 6.07) is 13.4. The van der Waals surface area contributed by atoms with Gasteiger partial charge in [0.25, 0.3) is 5.56 Å². The van der Waals surface area contributed by atoms with E-state index in [0.29, 0.717) is 17.9 Å². The predicted molar refractivity (Wildman–Crippen MR) is 114 cm³/mol. The van der Waals surface area contributed by atoms with Crippen molar-refractivity contribution in [1.29, 1.82) is 0 Å². The second-order valence-corrected chi connectivity index (χ2v) is 7.17. The highest BCUT2D eigenvalue weighted by atomic mass is 16.5. The molecule has 7 heteroatoms. The highest BCUT2D eigenvalue weighted by Crippen LogP contribution is 2.27. The van der Waals surface area contributed by atoms with Gasteiger partial charge in [0.1, 0.15) is 5.75 Å². The predicted octanol–water partition coefficient (Wildman–Crippen LogP) is 3.31. The van der Waals surface area contributed by atoms with E-state index in [0.717, 1.165) is 40.9 Å². The van der Waals surface area contributed by atoms with E-state index in [4.69, 9.17) is 4.74 Å². The molecule has 0 atom stereocenters. The Kier molecular flexibility index (Phi) is 5.39. The first kappa shape index (κ1) is 18.9. The van der Waals surface area contributed by atoms with Crippen molar-refractivity contribution in [3.05, 3.63) is 65.2 Å². The average molecular weight is 389 g/mol. The number of benzene rings is 1. The van der Waals surface area contributed by atoms with E-state index in [2.05, 4.69) is 25.1 Å². The van der Waals surface area contributed by atoms with Gasteiger partial charge in [0.15, 0.2) is 0 Å². The lowest BCUT2D eigenvalue weighted by Gasteiger charge is -2.10. The van der Waals surface area contributed by atoms with E-state index in [-0.39, 0.29) is 5.56 Å². The Labute approximate surface area is 168 Å². The van der Waals surface area contributed by atoms with Gasteiger partial charge in [0.2, 0.25) is 0 Å². The van der Waals surface area contributed by atoms with Gasteiger partial charge in [-0.2, -0.15) is 5.10 Å². The molecule has 0 saturated heterocycles. The molecule has 4 aromatic rings. The number of rotatable bonds is 7. The van der Waals surface area contributed by atoms with Crippen LogP contribution in [0, 0.1) is 0 Å².